The summed E-state index contributed by atoms with van der Waals surface area (Å²) in [5.41, 5.74) is 2.22. The van der Waals surface area contributed by atoms with Crippen LogP contribution in [-0.2, 0) is 0 Å². The van der Waals surface area contributed by atoms with Crippen molar-refractivity contribution in [1.82, 2.24) is 9.88 Å². The standard InChI is InChI=1S/C17H20N2O2S/c1-11-13(7-8-14(18-11)16-4-3-9-22-16)17(21)19(2)10-15(20)12-5-6-12/h3-4,7-9,12,15,20H,5-6,10H2,1-2H3. The molecule has 0 bridgehead atoms. The van der Waals surface area contributed by atoms with Crippen molar-refractivity contribution in [2.24, 2.45) is 5.92 Å². The molecule has 0 spiro atoms. The van der Waals surface area contributed by atoms with E-state index in [-0.39, 0.29) is 5.91 Å². The van der Waals surface area contributed by atoms with Crippen molar-refractivity contribution in [1.29, 1.82) is 0 Å². The van der Waals surface area contributed by atoms with Crippen molar-refractivity contribution < 1.29 is 9.90 Å². The zero-order valence-electron chi connectivity index (χ0n) is 12.8. The molecule has 1 unspecified atom stereocenters. The molecule has 1 aliphatic rings. The van der Waals surface area contributed by atoms with Gasteiger partial charge in [-0.3, -0.25) is 9.78 Å². The van der Waals surface area contributed by atoms with Gasteiger partial charge in [0.25, 0.3) is 5.91 Å². The Balaban J connectivity index is 1.74. The summed E-state index contributed by atoms with van der Waals surface area (Å²) in [5.74, 6) is 0.290. The highest BCUT2D eigenvalue weighted by molar-refractivity contribution is 7.13. The van der Waals surface area contributed by atoms with Gasteiger partial charge in [-0.15, -0.1) is 11.3 Å². The van der Waals surface area contributed by atoms with Crippen molar-refractivity contribution in [2.75, 3.05) is 13.6 Å². The second-order valence-corrected chi connectivity index (χ2v) is 6.84. The predicted octanol–water partition coefficient (Wildman–Crippen LogP) is 2.96. The van der Waals surface area contributed by atoms with Crippen LogP contribution >= 0.6 is 11.3 Å². The van der Waals surface area contributed by atoms with Crippen LogP contribution in [0.4, 0.5) is 0 Å². The Morgan fingerprint density at radius 3 is 2.82 bits per heavy atom. The number of amides is 1. The van der Waals surface area contributed by atoms with Crippen molar-refractivity contribution in [3.63, 3.8) is 0 Å². The van der Waals surface area contributed by atoms with Gasteiger partial charge in [-0.1, -0.05) is 6.07 Å². The zero-order valence-corrected chi connectivity index (χ0v) is 13.6. The van der Waals surface area contributed by atoms with Gasteiger partial charge in [0.2, 0.25) is 0 Å². The highest BCUT2D eigenvalue weighted by Crippen LogP contribution is 2.33. The molecule has 0 aliphatic heterocycles. The number of likely N-dealkylation sites (N-methyl/N-ethyl adjacent to an activating group) is 1. The molecule has 3 rings (SSSR count). The SMILES string of the molecule is Cc1nc(-c2cccs2)ccc1C(=O)N(C)CC(O)C1CC1. The van der Waals surface area contributed by atoms with Crippen molar-refractivity contribution >= 4 is 17.2 Å². The van der Waals surface area contributed by atoms with Crippen molar-refractivity contribution in [3.8, 4) is 10.6 Å². The molecule has 1 aliphatic carbocycles. The smallest absolute Gasteiger partial charge is 0.255 e. The predicted molar refractivity (Wildman–Crippen MR) is 88.0 cm³/mol. The van der Waals surface area contributed by atoms with Crippen LogP contribution in [0.1, 0.15) is 28.9 Å². The third-order valence-electron chi connectivity index (χ3n) is 4.06. The average molecular weight is 316 g/mol. The molecule has 0 saturated heterocycles. The van der Waals surface area contributed by atoms with Crippen molar-refractivity contribution in [2.45, 2.75) is 25.9 Å². The number of nitrogens with zero attached hydrogens (tertiary/aromatic N) is 2. The maximum absolute atomic E-state index is 12.5. The number of aliphatic hydroxyl groups is 1. The summed E-state index contributed by atoms with van der Waals surface area (Å²) in [6, 6.07) is 7.73. The second-order valence-electron chi connectivity index (χ2n) is 5.90. The Hall–Kier alpha value is -1.72. The highest BCUT2D eigenvalue weighted by Gasteiger charge is 2.31. The first-order chi connectivity index (χ1) is 10.6. The van der Waals surface area contributed by atoms with E-state index in [1.807, 2.05) is 36.6 Å². The molecule has 1 N–H and O–H groups in total. The molecule has 22 heavy (non-hydrogen) atoms. The lowest BCUT2D eigenvalue weighted by atomic mass is 10.1. The van der Waals surface area contributed by atoms with E-state index in [0.717, 1.165) is 29.1 Å². The Bertz CT molecular complexity index is 665. The van der Waals surface area contributed by atoms with Gasteiger partial charge < -0.3 is 10.0 Å². The van der Waals surface area contributed by atoms with E-state index in [1.165, 1.54) is 0 Å². The summed E-state index contributed by atoms with van der Waals surface area (Å²) in [6.07, 6.45) is 1.73. The second kappa shape index (κ2) is 6.18. The van der Waals surface area contributed by atoms with Gasteiger partial charge in [-0.05, 0) is 49.3 Å². The Morgan fingerprint density at radius 1 is 1.45 bits per heavy atom. The molecule has 1 saturated carbocycles. The Kier molecular flexibility index (Phi) is 4.27. The minimum absolute atomic E-state index is 0.0811. The van der Waals surface area contributed by atoms with E-state index < -0.39 is 6.10 Å². The van der Waals surface area contributed by atoms with E-state index in [9.17, 15) is 9.90 Å². The van der Waals surface area contributed by atoms with E-state index >= 15 is 0 Å². The molecule has 5 heteroatoms. The van der Waals surface area contributed by atoms with Gasteiger partial charge in [-0.25, -0.2) is 0 Å². The van der Waals surface area contributed by atoms with E-state index in [2.05, 4.69) is 4.98 Å². The number of hydrogen-bond acceptors (Lipinski definition) is 4. The van der Waals surface area contributed by atoms with Gasteiger partial charge in [-0.2, -0.15) is 0 Å². The fraction of sp³-hybridized carbons (Fsp3) is 0.412. The maximum Gasteiger partial charge on any atom is 0.255 e. The molecule has 116 valence electrons. The molecule has 4 nitrogen and oxygen atoms in total. The topological polar surface area (TPSA) is 53.4 Å². The summed E-state index contributed by atoms with van der Waals surface area (Å²) in [7, 11) is 1.74. The quantitative estimate of drug-likeness (QED) is 0.922. The number of pyridine rings is 1. The minimum Gasteiger partial charge on any atom is -0.391 e. The number of hydrogen-bond donors (Lipinski definition) is 1. The van der Waals surface area contributed by atoms with Crippen LogP contribution in [-0.4, -0.2) is 40.6 Å². The normalized spacial score (nSPS) is 15.6. The van der Waals surface area contributed by atoms with Gasteiger partial charge >= 0.3 is 0 Å². The van der Waals surface area contributed by atoms with Crippen LogP contribution in [0.3, 0.4) is 0 Å². The van der Waals surface area contributed by atoms with Crippen LogP contribution in [0.2, 0.25) is 0 Å². The number of carbonyl (C=O) groups is 1. The maximum atomic E-state index is 12.5. The molecule has 1 amide bonds. The first kappa shape index (κ1) is 15.2. The number of aliphatic hydroxyl groups excluding tert-OH is 1. The summed E-state index contributed by atoms with van der Waals surface area (Å²) >= 11 is 1.63. The third kappa shape index (κ3) is 3.20. The zero-order chi connectivity index (χ0) is 15.7. The fourth-order valence-electron chi connectivity index (χ4n) is 2.55. The fourth-order valence-corrected chi connectivity index (χ4v) is 3.24. The third-order valence-corrected chi connectivity index (χ3v) is 4.96. The van der Waals surface area contributed by atoms with Gasteiger partial charge in [0.1, 0.15) is 0 Å². The summed E-state index contributed by atoms with van der Waals surface area (Å²) in [5, 5.41) is 12.0. The largest absolute Gasteiger partial charge is 0.391 e. The van der Waals surface area contributed by atoms with Crippen LogP contribution in [0, 0.1) is 12.8 Å². The molecule has 0 aromatic carbocycles. The van der Waals surface area contributed by atoms with Crippen LogP contribution in [0.5, 0.6) is 0 Å². The Morgan fingerprint density at radius 2 is 2.23 bits per heavy atom. The lowest BCUT2D eigenvalue weighted by Gasteiger charge is -2.21. The summed E-state index contributed by atoms with van der Waals surface area (Å²) in [4.78, 5) is 19.8. The minimum atomic E-state index is -0.410. The first-order valence-electron chi connectivity index (χ1n) is 7.51. The number of aryl methyl sites for hydroxylation is 1. The Labute approximate surface area is 134 Å². The molecule has 2 heterocycles. The van der Waals surface area contributed by atoms with Gasteiger partial charge in [0, 0.05) is 13.6 Å². The van der Waals surface area contributed by atoms with E-state index in [1.54, 1.807) is 23.3 Å². The average Bonchev–Trinajstić information content (AvgIpc) is 3.21. The van der Waals surface area contributed by atoms with E-state index in [4.69, 9.17) is 0 Å². The van der Waals surface area contributed by atoms with Crippen molar-refractivity contribution in [3.05, 3.63) is 40.9 Å². The van der Waals surface area contributed by atoms with Crippen LogP contribution in [0.25, 0.3) is 10.6 Å². The molecular weight excluding hydrogens is 296 g/mol. The summed E-state index contributed by atoms with van der Waals surface area (Å²) < 4.78 is 0. The summed E-state index contributed by atoms with van der Waals surface area (Å²) in [6.45, 7) is 2.24. The number of rotatable bonds is 5. The molecule has 2 aromatic heterocycles. The lowest BCUT2D eigenvalue weighted by Crippen LogP contribution is -2.35. The van der Waals surface area contributed by atoms with Crippen LogP contribution in [0.15, 0.2) is 29.6 Å². The number of thiophene rings is 1. The molecular formula is C17H20N2O2S. The molecule has 1 fully saturated rings. The first-order valence-corrected chi connectivity index (χ1v) is 8.39. The molecule has 2 aromatic rings. The molecule has 1 atom stereocenters. The monoisotopic (exact) mass is 316 g/mol. The van der Waals surface area contributed by atoms with Gasteiger partial charge in [0.05, 0.1) is 27.9 Å². The number of carbonyl (C=O) groups excluding carboxylic acids is 1. The highest BCUT2D eigenvalue weighted by atomic mass is 32.1. The number of aromatic nitrogens is 1. The van der Waals surface area contributed by atoms with Crippen LogP contribution < -0.4 is 0 Å². The lowest BCUT2D eigenvalue weighted by molar-refractivity contribution is 0.0644. The van der Waals surface area contributed by atoms with Gasteiger partial charge in [0.15, 0.2) is 0 Å². The molecule has 0 radical (unpaired) electrons. The van der Waals surface area contributed by atoms with E-state index in [0.29, 0.717) is 18.0 Å².